The van der Waals surface area contributed by atoms with Crippen LogP contribution in [0.3, 0.4) is 0 Å². The molecule has 0 amide bonds. The molecule has 3 rings (SSSR count). The second-order valence-corrected chi connectivity index (χ2v) is 11.9. The summed E-state index contributed by atoms with van der Waals surface area (Å²) < 4.78 is 38.2. The molecule has 1 aromatic heterocycles. The van der Waals surface area contributed by atoms with Crippen LogP contribution < -0.4 is 4.74 Å². The number of hydrogen-bond donors (Lipinski definition) is 0. The summed E-state index contributed by atoms with van der Waals surface area (Å²) in [5.41, 5.74) is 2.52. The lowest BCUT2D eigenvalue weighted by Gasteiger charge is -2.46. The van der Waals surface area contributed by atoms with E-state index in [1.165, 1.54) is 16.0 Å². The fourth-order valence-electron chi connectivity index (χ4n) is 5.00. The van der Waals surface area contributed by atoms with Crippen LogP contribution in [-0.4, -0.2) is 64.6 Å². The van der Waals surface area contributed by atoms with Crippen molar-refractivity contribution in [3.05, 3.63) is 51.7 Å². The van der Waals surface area contributed by atoms with Crippen LogP contribution in [0.1, 0.15) is 101 Å². The maximum absolute atomic E-state index is 6.91. The first-order valence-corrected chi connectivity index (χ1v) is 16.8. The SMILES string of the molecule is CCCCOC[C@H]1O[C@@H](c2cc(Cc3ccc(OC)cc3)cs2)[C@H](OCCCC)[C@@H](OCCCC)[C@@H]1OCCCC. The summed E-state index contributed by atoms with van der Waals surface area (Å²) in [7, 11) is 1.70. The zero-order chi connectivity index (χ0) is 29.3. The van der Waals surface area contributed by atoms with E-state index >= 15 is 0 Å². The van der Waals surface area contributed by atoms with Gasteiger partial charge in [0.1, 0.15) is 36.3 Å². The predicted octanol–water partition coefficient (Wildman–Crippen LogP) is 8.16. The molecule has 0 bridgehead atoms. The fourth-order valence-corrected chi connectivity index (χ4v) is 5.99. The maximum Gasteiger partial charge on any atom is 0.121 e. The Kier molecular flexibility index (Phi) is 16.3. The zero-order valence-corrected chi connectivity index (χ0v) is 26.9. The van der Waals surface area contributed by atoms with E-state index in [-0.39, 0.29) is 30.5 Å². The van der Waals surface area contributed by atoms with E-state index in [1.807, 2.05) is 12.1 Å². The van der Waals surface area contributed by atoms with E-state index in [4.69, 9.17) is 28.4 Å². The highest BCUT2D eigenvalue weighted by Gasteiger charge is 2.49. The summed E-state index contributed by atoms with van der Waals surface area (Å²) >= 11 is 1.75. The minimum Gasteiger partial charge on any atom is -0.497 e. The Hall–Kier alpha value is -1.48. The number of benzene rings is 1. The van der Waals surface area contributed by atoms with Gasteiger partial charge in [-0.3, -0.25) is 0 Å². The molecule has 1 aliphatic heterocycles. The van der Waals surface area contributed by atoms with Crippen LogP contribution in [-0.2, 0) is 30.1 Å². The first-order valence-electron chi connectivity index (χ1n) is 15.9. The van der Waals surface area contributed by atoms with Crippen molar-refractivity contribution in [2.45, 2.75) is 116 Å². The number of hydrogen-bond acceptors (Lipinski definition) is 7. The molecule has 0 saturated carbocycles. The van der Waals surface area contributed by atoms with Gasteiger partial charge in [0.05, 0.1) is 13.7 Å². The van der Waals surface area contributed by atoms with E-state index in [0.717, 1.165) is 70.1 Å². The Balaban J connectivity index is 1.88. The van der Waals surface area contributed by atoms with Crippen LogP contribution >= 0.6 is 11.3 Å². The van der Waals surface area contributed by atoms with Crippen molar-refractivity contribution in [3.8, 4) is 5.75 Å². The summed E-state index contributed by atoms with van der Waals surface area (Å²) in [6.45, 7) is 12.0. The maximum atomic E-state index is 6.91. The fraction of sp³-hybridized carbons (Fsp3) is 0.706. The third-order valence-corrected chi connectivity index (χ3v) is 8.55. The van der Waals surface area contributed by atoms with Crippen molar-refractivity contribution >= 4 is 11.3 Å². The van der Waals surface area contributed by atoms with Crippen LogP contribution in [0.2, 0.25) is 0 Å². The molecule has 0 unspecified atom stereocenters. The van der Waals surface area contributed by atoms with Gasteiger partial charge in [-0.25, -0.2) is 0 Å². The molecule has 6 nitrogen and oxygen atoms in total. The van der Waals surface area contributed by atoms with E-state index in [2.05, 4.69) is 51.3 Å². The molecule has 232 valence electrons. The Morgan fingerprint density at radius 2 is 1.29 bits per heavy atom. The largest absolute Gasteiger partial charge is 0.497 e. The van der Waals surface area contributed by atoms with Gasteiger partial charge in [0.15, 0.2) is 0 Å². The van der Waals surface area contributed by atoms with Gasteiger partial charge in [-0.1, -0.05) is 65.5 Å². The molecule has 5 atom stereocenters. The van der Waals surface area contributed by atoms with E-state index < -0.39 is 0 Å². The summed E-state index contributed by atoms with van der Waals surface area (Å²) in [5.74, 6) is 0.874. The molecule has 1 aromatic carbocycles. The van der Waals surface area contributed by atoms with Crippen molar-refractivity contribution < 1.29 is 28.4 Å². The topological polar surface area (TPSA) is 55.4 Å². The number of thiophene rings is 1. The molecular weight excluding hydrogens is 536 g/mol. The second-order valence-electron chi connectivity index (χ2n) is 11.0. The van der Waals surface area contributed by atoms with E-state index in [9.17, 15) is 0 Å². The smallest absolute Gasteiger partial charge is 0.121 e. The molecule has 0 spiro atoms. The van der Waals surface area contributed by atoms with Crippen molar-refractivity contribution in [2.75, 3.05) is 40.1 Å². The summed E-state index contributed by atoms with van der Waals surface area (Å²) in [6, 6.07) is 10.6. The number of unbranched alkanes of at least 4 members (excludes halogenated alkanes) is 4. The minimum absolute atomic E-state index is 0.221. The Morgan fingerprint density at radius 3 is 1.90 bits per heavy atom. The molecule has 1 fully saturated rings. The Labute approximate surface area is 253 Å². The van der Waals surface area contributed by atoms with Gasteiger partial charge in [0.25, 0.3) is 0 Å². The lowest BCUT2D eigenvalue weighted by Crippen LogP contribution is -2.58. The average Bonchev–Trinajstić information content (AvgIpc) is 3.45. The van der Waals surface area contributed by atoms with Gasteiger partial charge in [-0.15, -0.1) is 11.3 Å². The van der Waals surface area contributed by atoms with Crippen molar-refractivity contribution in [2.24, 2.45) is 0 Å². The highest BCUT2D eigenvalue weighted by atomic mass is 32.1. The third kappa shape index (κ3) is 10.9. The van der Waals surface area contributed by atoms with Crippen molar-refractivity contribution in [3.63, 3.8) is 0 Å². The van der Waals surface area contributed by atoms with Crippen molar-refractivity contribution in [1.82, 2.24) is 0 Å². The summed E-state index contributed by atoms with van der Waals surface area (Å²) in [4.78, 5) is 1.17. The van der Waals surface area contributed by atoms with Crippen molar-refractivity contribution in [1.29, 1.82) is 0 Å². The molecule has 0 N–H and O–H groups in total. The van der Waals surface area contributed by atoms with E-state index in [0.29, 0.717) is 26.4 Å². The third-order valence-electron chi connectivity index (χ3n) is 7.50. The van der Waals surface area contributed by atoms with Gasteiger partial charge < -0.3 is 28.4 Å². The van der Waals surface area contributed by atoms with Gasteiger partial charge >= 0.3 is 0 Å². The monoisotopic (exact) mass is 590 g/mol. The van der Waals surface area contributed by atoms with E-state index in [1.54, 1.807) is 18.4 Å². The second kappa shape index (κ2) is 19.7. The predicted molar refractivity (Wildman–Crippen MR) is 167 cm³/mol. The molecule has 7 heteroatoms. The first kappa shape index (κ1) is 34.0. The summed E-state index contributed by atoms with van der Waals surface area (Å²) in [5, 5.41) is 2.25. The highest BCUT2D eigenvalue weighted by Crippen LogP contribution is 2.40. The lowest BCUT2D eigenvalue weighted by atomic mass is 9.93. The Bertz CT molecular complexity index is 932. The first-order chi connectivity index (χ1) is 20.1. The molecule has 1 aliphatic rings. The average molecular weight is 591 g/mol. The van der Waals surface area contributed by atoms with Crippen LogP contribution in [0.25, 0.3) is 0 Å². The molecule has 2 heterocycles. The molecular formula is C34H54O6S. The van der Waals surface area contributed by atoms with Crippen LogP contribution in [0.4, 0.5) is 0 Å². The van der Waals surface area contributed by atoms with Gasteiger partial charge in [0, 0.05) is 31.3 Å². The molecule has 2 aromatic rings. The quantitative estimate of drug-likeness (QED) is 0.137. The van der Waals surface area contributed by atoms with Crippen LogP contribution in [0.5, 0.6) is 5.75 Å². The summed E-state index contributed by atoms with van der Waals surface area (Å²) in [6.07, 6.45) is 8.10. The number of methoxy groups -OCH3 is 1. The molecule has 1 saturated heterocycles. The number of rotatable bonds is 21. The van der Waals surface area contributed by atoms with Crippen LogP contribution in [0, 0.1) is 0 Å². The minimum atomic E-state index is -0.246. The standard InChI is InChI=1S/C34H54O6S/c1-6-10-18-36-24-29-31(37-19-11-7-2)33(38-20-12-8-3)34(39-21-13-9-4)32(40-29)30-23-27(25-41-30)22-26-14-16-28(35-5)17-15-26/h14-17,23,25,29,31-34H,6-13,18-22,24H2,1-5H3/t29-,31-,32+,33+,34+/m1/s1. The highest BCUT2D eigenvalue weighted by molar-refractivity contribution is 7.10. The van der Waals surface area contributed by atoms with Gasteiger partial charge in [-0.2, -0.15) is 0 Å². The number of ether oxygens (including phenoxy) is 6. The molecule has 0 radical (unpaired) electrons. The van der Waals surface area contributed by atoms with Crippen LogP contribution in [0.15, 0.2) is 35.7 Å². The molecule has 41 heavy (non-hydrogen) atoms. The lowest BCUT2D eigenvalue weighted by molar-refractivity contribution is -0.267. The zero-order valence-electron chi connectivity index (χ0n) is 26.1. The Morgan fingerprint density at radius 1 is 0.707 bits per heavy atom. The van der Waals surface area contributed by atoms with Gasteiger partial charge in [0.2, 0.25) is 0 Å². The molecule has 0 aliphatic carbocycles. The van der Waals surface area contributed by atoms with Gasteiger partial charge in [-0.05, 0) is 66.8 Å². The normalized spacial score (nSPS) is 22.7.